The second-order valence-electron chi connectivity index (χ2n) is 3.37. The van der Waals surface area contributed by atoms with Crippen LogP contribution < -0.4 is 0 Å². The van der Waals surface area contributed by atoms with E-state index in [0.717, 1.165) is 11.4 Å². The van der Waals surface area contributed by atoms with Crippen molar-refractivity contribution in [2.75, 3.05) is 0 Å². The number of nitrogens with zero attached hydrogens (tertiary/aromatic N) is 2. The van der Waals surface area contributed by atoms with Gasteiger partial charge in [-0.1, -0.05) is 6.92 Å². The van der Waals surface area contributed by atoms with E-state index < -0.39 is 0 Å². The highest BCUT2D eigenvalue weighted by Gasteiger charge is 2.15. The van der Waals surface area contributed by atoms with Gasteiger partial charge in [-0.25, -0.2) is 0 Å². The van der Waals surface area contributed by atoms with Crippen LogP contribution in [0.3, 0.4) is 0 Å². The van der Waals surface area contributed by atoms with Gasteiger partial charge in [0.2, 0.25) is 0 Å². The molecule has 0 N–H and O–H groups in total. The summed E-state index contributed by atoms with van der Waals surface area (Å²) in [7, 11) is 0. The number of ketones is 1. The molecular weight excluding hydrogens is 164 g/mol. The molecule has 0 bridgehead atoms. The molecule has 1 atom stereocenters. The number of aryl methyl sites for hydroxylation is 2. The van der Waals surface area contributed by atoms with Gasteiger partial charge in [-0.15, -0.1) is 0 Å². The first-order chi connectivity index (χ1) is 6.06. The molecule has 0 aliphatic rings. The zero-order chi connectivity index (χ0) is 10.0. The van der Waals surface area contributed by atoms with E-state index in [1.54, 1.807) is 4.68 Å². The highest BCUT2D eigenvalue weighted by Crippen LogP contribution is 2.12. The lowest BCUT2D eigenvalue weighted by molar-refractivity contribution is -0.121. The third-order valence-electron chi connectivity index (χ3n) is 2.23. The number of hydrogen-bond donors (Lipinski definition) is 0. The molecule has 3 nitrogen and oxygen atoms in total. The van der Waals surface area contributed by atoms with Gasteiger partial charge in [-0.3, -0.25) is 9.48 Å². The molecule has 0 fully saturated rings. The molecule has 0 aromatic carbocycles. The summed E-state index contributed by atoms with van der Waals surface area (Å²) in [6.45, 7) is 7.68. The first-order valence-corrected chi connectivity index (χ1v) is 4.61. The summed E-state index contributed by atoms with van der Waals surface area (Å²) < 4.78 is 1.79. The van der Waals surface area contributed by atoms with Crippen LogP contribution in [-0.2, 0) is 4.79 Å². The van der Waals surface area contributed by atoms with Gasteiger partial charge in [-0.05, 0) is 26.8 Å². The largest absolute Gasteiger partial charge is 0.297 e. The van der Waals surface area contributed by atoms with Crippen LogP contribution in [0.5, 0.6) is 0 Å². The maximum atomic E-state index is 11.4. The van der Waals surface area contributed by atoms with E-state index in [9.17, 15) is 4.79 Å². The summed E-state index contributed by atoms with van der Waals surface area (Å²) in [5.41, 5.74) is 2.01. The van der Waals surface area contributed by atoms with Gasteiger partial charge < -0.3 is 0 Å². The van der Waals surface area contributed by atoms with E-state index >= 15 is 0 Å². The normalized spacial score (nSPS) is 12.9. The lowest BCUT2D eigenvalue weighted by Crippen LogP contribution is -2.17. The van der Waals surface area contributed by atoms with Crippen molar-refractivity contribution < 1.29 is 4.79 Å². The minimum Gasteiger partial charge on any atom is -0.297 e. The van der Waals surface area contributed by atoms with Gasteiger partial charge in [0.1, 0.15) is 6.04 Å². The fraction of sp³-hybridized carbons (Fsp3) is 0.600. The van der Waals surface area contributed by atoms with Gasteiger partial charge >= 0.3 is 0 Å². The molecule has 0 aliphatic carbocycles. The molecule has 1 unspecified atom stereocenters. The maximum absolute atomic E-state index is 11.4. The van der Waals surface area contributed by atoms with Crippen LogP contribution in [0.4, 0.5) is 0 Å². The summed E-state index contributed by atoms with van der Waals surface area (Å²) in [5.74, 6) is 0.228. The summed E-state index contributed by atoms with van der Waals surface area (Å²) in [5, 5.41) is 4.28. The van der Waals surface area contributed by atoms with Crippen molar-refractivity contribution in [3.63, 3.8) is 0 Å². The van der Waals surface area contributed by atoms with Crippen LogP contribution in [0.25, 0.3) is 0 Å². The van der Waals surface area contributed by atoms with Crippen LogP contribution >= 0.6 is 0 Å². The third kappa shape index (κ3) is 1.97. The van der Waals surface area contributed by atoms with Crippen molar-refractivity contribution in [2.45, 2.75) is 40.2 Å². The monoisotopic (exact) mass is 180 g/mol. The quantitative estimate of drug-likeness (QED) is 0.713. The van der Waals surface area contributed by atoms with E-state index in [-0.39, 0.29) is 11.8 Å². The predicted molar refractivity (Wildman–Crippen MR) is 51.7 cm³/mol. The molecule has 0 radical (unpaired) electrons. The van der Waals surface area contributed by atoms with Crippen LogP contribution in [0, 0.1) is 13.8 Å². The maximum Gasteiger partial charge on any atom is 0.156 e. The van der Waals surface area contributed by atoms with Crippen LogP contribution in [0.15, 0.2) is 6.07 Å². The minimum atomic E-state index is -0.126. The van der Waals surface area contributed by atoms with Crippen molar-refractivity contribution in [2.24, 2.45) is 0 Å². The Morgan fingerprint density at radius 1 is 1.62 bits per heavy atom. The Kier molecular flexibility index (Phi) is 2.86. The average Bonchev–Trinajstić information content (AvgIpc) is 2.42. The zero-order valence-corrected chi connectivity index (χ0v) is 8.66. The van der Waals surface area contributed by atoms with Gasteiger partial charge in [0, 0.05) is 12.1 Å². The number of Topliss-reactive ketones (excluding diaryl/α,β-unsaturated/α-hetero) is 1. The number of rotatable bonds is 3. The molecular formula is C10H16N2O. The van der Waals surface area contributed by atoms with Gasteiger partial charge in [0.25, 0.3) is 0 Å². The molecule has 0 saturated carbocycles. The molecule has 0 aliphatic heterocycles. The van der Waals surface area contributed by atoms with Crippen molar-refractivity contribution >= 4 is 5.78 Å². The molecule has 72 valence electrons. The van der Waals surface area contributed by atoms with E-state index in [0.29, 0.717) is 6.42 Å². The Labute approximate surface area is 78.8 Å². The highest BCUT2D eigenvalue weighted by molar-refractivity contribution is 5.81. The molecule has 0 amide bonds. The van der Waals surface area contributed by atoms with Crippen molar-refractivity contribution in [1.82, 2.24) is 9.78 Å². The van der Waals surface area contributed by atoms with Crippen molar-refractivity contribution in [1.29, 1.82) is 0 Å². The number of carbonyl (C=O) groups is 1. The Morgan fingerprint density at radius 2 is 2.23 bits per heavy atom. The molecule has 0 saturated heterocycles. The first-order valence-electron chi connectivity index (χ1n) is 4.61. The second kappa shape index (κ2) is 3.73. The fourth-order valence-electron chi connectivity index (χ4n) is 1.47. The first kappa shape index (κ1) is 9.96. The Hall–Kier alpha value is -1.12. The topological polar surface area (TPSA) is 34.9 Å². The van der Waals surface area contributed by atoms with Crippen LogP contribution in [0.1, 0.15) is 37.7 Å². The lowest BCUT2D eigenvalue weighted by Gasteiger charge is -2.11. The Morgan fingerprint density at radius 3 is 2.62 bits per heavy atom. The molecule has 1 rings (SSSR count). The summed E-state index contributed by atoms with van der Waals surface area (Å²) in [6.07, 6.45) is 0.569. The second-order valence-corrected chi connectivity index (χ2v) is 3.37. The van der Waals surface area contributed by atoms with Crippen molar-refractivity contribution in [3.8, 4) is 0 Å². The standard InChI is InChI=1S/C10H16N2O/c1-5-10(13)9(4)12-8(3)6-7(2)11-12/h6,9H,5H2,1-4H3. The van der Waals surface area contributed by atoms with E-state index in [2.05, 4.69) is 5.10 Å². The molecule has 13 heavy (non-hydrogen) atoms. The third-order valence-corrected chi connectivity index (χ3v) is 2.23. The molecule has 1 aromatic heterocycles. The highest BCUT2D eigenvalue weighted by atomic mass is 16.1. The smallest absolute Gasteiger partial charge is 0.156 e. The number of hydrogen-bond acceptors (Lipinski definition) is 2. The SMILES string of the molecule is CCC(=O)C(C)n1nc(C)cc1C. The van der Waals surface area contributed by atoms with Gasteiger partial charge in [0.05, 0.1) is 5.69 Å². The van der Waals surface area contributed by atoms with Crippen LogP contribution in [0.2, 0.25) is 0 Å². The zero-order valence-electron chi connectivity index (χ0n) is 8.66. The van der Waals surface area contributed by atoms with E-state index in [4.69, 9.17) is 0 Å². The molecule has 1 heterocycles. The summed E-state index contributed by atoms with van der Waals surface area (Å²) in [4.78, 5) is 11.4. The lowest BCUT2D eigenvalue weighted by atomic mass is 10.2. The van der Waals surface area contributed by atoms with Gasteiger partial charge in [0.15, 0.2) is 5.78 Å². The predicted octanol–water partition coefficient (Wildman–Crippen LogP) is 2.04. The summed E-state index contributed by atoms with van der Waals surface area (Å²) >= 11 is 0. The molecule has 0 spiro atoms. The molecule has 1 aromatic rings. The summed E-state index contributed by atoms with van der Waals surface area (Å²) in [6, 6.07) is 1.86. The fourth-order valence-corrected chi connectivity index (χ4v) is 1.47. The average molecular weight is 180 g/mol. The molecule has 3 heteroatoms. The van der Waals surface area contributed by atoms with Crippen LogP contribution in [-0.4, -0.2) is 15.6 Å². The Balaban J connectivity index is 2.94. The minimum absolute atomic E-state index is 0.126. The number of carbonyl (C=O) groups excluding carboxylic acids is 1. The Bertz CT molecular complexity index is 315. The van der Waals surface area contributed by atoms with Gasteiger partial charge in [-0.2, -0.15) is 5.10 Å². The van der Waals surface area contributed by atoms with E-state index in [1.165, 1.54) is 0 Å². The van der Waals surface area contributed by atoms with E-state index in [1.807, 2.05) is 33.8 Å². The van der Waals surface area contributed by atoms with Crippen molar-refractivity contribution in [3.05, 3.63) is 17.5 Å². The number of aromatic nitrogens is 2.